The number of anilines is 1. The van der Waals surface area contributed by atoms with Gasteiger partial charge in [-0.25, -0.2) is 0 Å². The maximum Gasteiger partial charge on any atom is 0.267 e. The van der Waals surface area contributed by atoms with E-state index in [2.05, 4.69) is 44.5 Å². The second-order valence-electron chi connectivity index (χ2n) is 9.03. The summed E-state index contributed by atoms with van der Waals surface area (Å²) in [4.78, 5) is 30.3. The lowest BCUT2D eigenvalue weighted by Crippen LogP contribution is -2.57. The molecule has 3 aromatic rings. The van der Waals surface area contributed by atoms with Gasteiger partial charge < -0.3 is 10.2 Å². The number of amides is 1. The summed E-state index contributed by atoms with van der Waals surface area (Å²) in [5.41, 5.74) is 3.53. The molecule has 2 aliphatic heterocycles. The van der Waals surface area contributed by atoms with Gasteiger partial charge in [0.05, 0.1) is 18.4 Å². The number of benzene rings is 2. The summed E-state index contributed by atoms with van der Waals surface area (Å²) in [7, 11) is 1.92. The molecule has 1 amide bonds. The van der Waals surface area contributed by atoms with E-state index in [9.17, 15) is 9.59 Å². The Hall–Kier alpha value is -3.32. The molecule has 0 bridgehead atoms. The van der Waals surface area contributed by atoms with Crippen LogP contribution in [-0.2, 0) is 18.3 Å². The summed E-state index contributed by atoms with van der Waals surface area (Å²) in [6, 6.07) is 20.5. The van der Waals surface area contributed by atoms with Gasteiger partial charge in [-0.3, -0.25) is 24.3 Å². The van der Waals surface area contributed by atoms with Crippen LogP contribution >= 0.6 is 0 Å². The third-order valence-electron chi connectivity index (χ3n) is 7.34. The number of nitrogens with zero attached hydrogens (tertiary/aromatic N) is 3. The molecule has 1 unspecified atom stereocenters. The highest BCUT2D eigenvalue weighted by atomic mass is 16.2. The molecule has 172 valence electrons. The third kappa shape index (κ3) is 3.56. The maximum absolute atomic E-state index is 13.1. The van der Waals surface area contributed by atoms with Gasteiger partial charge in [0.25, 0.3) is 5.56 Å². The fraction of sp³-hybridized carbons (Fsp3) is 0.385. The number of rotatable bonds is 5. The standard InChI is InChI=1S/C26H31N5O2/c1-3-21-23(29(2)28-24(21)32)22(19-10-6-4-7-11-19)30-16-14-26(15-17-30)25(33)27-18-31(26)20-12-8-5-9-13-20/h4-13,22H,3,14-18H2,1-2H3,(H,27,33)(H,28,32). The van der Waals surface area contributed by atoms with Crippen LogP contribution in [0.1, 0.15) is 42.6 Å². The summed E-state index contributed by atoms with van der Waals surface area (Å²) in [5, 5.41) is 6.05. The van der Waals surface area contributed by atoms with Gasteiger partial charge in [-0.05, 0) is 37.0 Å². The van der Waals surface area contributed by atoms with Gasteiger partial charge in [0.15, 0.2) is 0 Å². The van der Waals surface area contributed by atoms with Crippen molar-refractivity contribution in [3.05, 3.63) is 87.8 Å². The van der Waals surface area contributed by atoms with E-state index in [1.165, 1.54) is 0 Å². The van der Waals surface area contributed by atoms with E-state index < -0.39 is 5.54 Å². The molecule has 33 heavy (non-hydrogen) atoms. The van der Waals surface area contributed by atoms with E-state index in [1.807, 2.05) is 55.1 Å². The molecule has 7 nitrogen and oxygen atoms in total. The Labute approximate surface area is 194 Å². The molecule has 0 radical (unpaired) electrons. The number of H-pyrrole nitrogens is 1. The van der Waals surface area contributed by atoms with E-state index in [0.717, 1.165) is 48.4 Å². The molecule has 5 rings (SSSR count). The van der Waals surface area contributed by atoms with Crippen LogP contribution in [-0.4, -0.2) is 45.9 Å². The van der Waals surface area contributed by atoms with Crippen molar-refractivity contribution >= 4 is 11.6 Å². The Morgan fingerprint density at radius 1 is 0.970 bits per heavy atom. The molecule has 2 aromatic carbocycles. The van der Waals surface area contributed by atoms with Gasteiger partial charge in [0.2, 0.25) is 5.91 Å². The Kier molecular flexibility index (Phi) is 5.58. The van der Waals surface area contributed by atoms with Crippen LogP contribution < -0.4 is 15.8 Å². The first-order valence-corrected chi connectivity index (χ1v) is 11.7. The zero-order valence-corrected chi connectivity index (χ0v) is 19.3. The molecular formula is C26H31N5O2. The zero-order chi connectivity index (χ0) is 23.0. The van der Waals surface area contributed by atoms with Crippen LogP contribution in [0.15, 0.2) is 65.5 Å². The fourth-order valence-electron chi connectivity index (χ4n) is 5.65. The van der Waals surface area contributed by atoms with Crippen LogP contribution in [0.4, 0.5) is 5.69 Å². The molecule has 1 spiro atoms. The van der Waals surface area contributed by atoms with Crippen molar-refractivity contribution in [1.82, 2.24) is 20.0 Å². The predicted octanol–water partition coefficient (Wildman–Crippen LogP) is 2.79. The predicted molar refractivity (Wildman–Crippen MR) is 129 cm³/mol. The Morgan fingerprint density at radius 3 is 2.24 bits per heavy atom. The molecule has 2 N–H and O–H groups in total. The number of aromatic nitrogens is 2. The number of carbonyl (C=O) groups is 1. The lowest BCUT2D eigenvalue weighted by atomic mass is 9.84. The van der Waals surface area contributed by atoms with Crippen molar-refractivity contribution in [3.63, 3.8) is 0 Å². The smallest absolute Gasteiger partial charge is 0.267 e. The van der Waals surface area contributed by atoms with Gasteiger partial charge in [0, 0.05) is 31.4 Å². The number of hydrogen-bond acceptors (Lipinski definition) is 4. The summed E-state index contributed by atoms with van der Waals surface area (Å²) in [6.07, 6.45) is 2.14. The minimum atomic E-state index is -0.531. The molecule has 1 aromatic heterocycles. The van der Waals surface area contributed by atoms with Crippen molar-refractivity contribution in [3.8, 4) is 0 Å². The Morgan fingerprint density at radius 2 is 1.61 bits per heavy atom. The van der Waals surface area contributed by atoms with E-state index in [0.29, 0.717) is 13.1 Å². The number of hydrogen-bond donors (Lipinski definition) is 2. The fourth-order valence-corrected chi connectivity index (χ4v) is 5.65. The van der Waals surface area contributed by atoms with Crippen LogP contribution in [0, 0.1) is 0 Å². The van der Waals surface area contributed by atoms with Crippen LogP contribution in [0.5, 0.6) is 0 Å². The first kappa shape index (κ1) is 21.5. The summed E-state index contributed by atoms with van der Waals surface area (Å²) in [5.74, 6) is 0.116. The number of piperidine rings is 1. The summed E-state index contributed by atoms with van der Waals surface area (Å²) >= 11 is 0. The number of carbonyl (C=O) groups excluding carboxylic acids is 1. The lowest BCUT2D eigenvalue weighted by molar-refractivity contribution is -0.125. The highest BCUT2D eigenvalue weighted by molar-refractivity contribution is 5.93. The number of aryl methyl sites for hydroxylation is 1. The average molecular weight is 446 g/mol. The van der Waals surface area contributed by atoms with Crippen molar-refractivity contribution < 1.29 is 4.79 Å². The first-order chi connectivity index (χ1) is 16.0. The third-order valence-corrected chi connectivity index (χ3v) is 7.34. The molecule has 1 atom stereocenters. The second-order valence-corrected chi connectivity index (χ2v) is 9.03. The highest BCUT2D eigenvalue weighted by Crippen LogP contribution is 2.40. The first-order valence-electron chi connectivity index (χ1n) is 11.7. The van der Waals surface area contributed by atoms with Gasteiger partial charge in [0.1, 0.15) is 5.54 Å². The molecule has 2 fully saturated rings. The quantitative estimate of drug-likeness (QED) is 0.634. The van der Waals surface area contributed by atoms with E-state index in [4.69, 9.17) is 0 Å². The van der Waals surface area contributed by atoms with Gasteiger partial charge >= 0.3 is 0 Å². The van der Waals surface area contributed by atoms with E-state index in [-0.39, 0.29) is 17.5 Å². The molecule has 2 aliphatic rings. The largest absolute Gasteiger partial charge is 0.339 e. The van der Waals surface area contributed by atoms with Crippen LogP contribution in [0.2, 0.25) is 0 Å². The maximum atomic E-state index is 13.1. The number of para-hydroxylation sites is 1. The van der Waals surface area contributed by atoms with Gasteiger partial charge in [-0.15, -0.1) is 0 Å². The molecule has 0 saturated carbocycles. The van der Waals surface area contributed by atoms with Crippen molar-refractivity contribution in [1.29, 1.82) is 0 Å². The Bertz CT molecular complexity index is 1180. The van der Waals surface area contributed by atoms with Crippen molar-refractivity contribution in [2.24, 2.45) is 7.05 Å². The molecule has 0 aliphatic carbocycles. The van der Waals surface area contributed by atoms with Crippen molar-refractivity contribution in [2.45, 2.75) is 37.8 Å². The summed E-state index contributed by atoms with van der Waals surface area (Å²) < 4.78 is 1.88. The summed E-state index contributed by atoms with van der Waals surface area (Å²) in [6.45, 7) is 4.09. The average Bonchev–Trinajstić information content (AvgIpc) is 3.31. The number of nitrogens with one attached hydrogen (secondary N) is 2. The molecule has 7 heteroatoms. The van der Waals surface area contributed by atoms with Gasteiger partial charge in [-0.1, -0.05) is 55.5 Å². The minimum Gasteiger partial charge on any atom is -0.339 e. The molecule has 3 heterocycles. The lowest BCUT2D eigenvalue weighted by Gasteiger charge is -2.45. The molecular weight excluding hydrogens is 414 g/mol. The van der Waals surface area contributed by atoms with Gasteiger partial charge in [-0.2, -0.15) is 0 Å². The van der Waals surface area contributed by atoms with E-state index in [1.54, 1.807) is 0 Å². The topological polar surface area (TPSA) is 73.4 Å². The van der Waals surface area contributed by atoms with Crippen molar-refractivity contribution in [2.75, 3.05) is 24.7 Å². The molecule has 2 saturated heterocycles. The number of likely N-dealkylation sites (tertiary alicyclic amines) is 1. The highest BCUT2D eigenvalue weighted by Gasteiger charge is 2.51. The van der Waals surface area contributed by atoms with Crippen LogP contribution in [0.3, 0.4) is 0 Å². The Balaban J connectivity index is 1.49. The number of aromatic amines is 1. The zero-order valence-electron chi connectivity index (χ0n) is 19.3. The van der Waals surface area contributed by atoms with E-state index >= 15 is 0 Å². The van der Waals surface area contributed by atoms with Crippen LogP contribution in [0.25, 0.3) is 0 Å². The SMILES string of the molecule is CCc1c(C(c2ccccc2)N2CCC3(CC2)C(=O)NCN3c2ccccc2)n(C)[nH]c1=O. The minimum absolute atomic E-state index is 0.0187. The monoisotopic (exact) mass is 445 g/mol. The second kappa shape index (κ2) is 8.56. The normalized spacial score (nSPS) is 19.1.